The fraction of sp³-hybridized carbons (Fsp3) is 0.529. The molecule has 1 aliphatic carbocycles. The van der Waals surface area contributed by atoms with E-state index < -0.39 is 0 Å². The molecule has 0 unspecified atom stereocenters. The zero-order valence-electron chi connectivity index (χ0n) is 11.5. The molecule has 19 heavy (non-hydrogen) atoms. The van der Waals surface area contributed by atoms with Crippen LogP contribution in [-0.4, -0.2) is 0 Å². The highest BCUT2D eigenvalue weighted by Crippen LogP contribution is 2.37. The summed E-state index contributed by atoms with van der Waals surface area (Å²) in [6.07, 6.45) is 8.25. The second kappa shape index (κ2) is 6.83. The summed E-state index contributed by atoms with van der Waals surface area (Å²) in [6, 6.07) is 5.47. The average molecular weight is 264 g/mol. The van der Waals surface area contributed by atoms with Crippen molar-refractivity contribution >= 4 is 0 Å². The highest BCUT2D eigenvalue weighted by Gasteiger charge is 2.21. The minimum atomic E-state index is -0.201. The van der Waals surface area contributed by atoms with E-state index in [0.717, 1.165) is 11.5 Å². The lowest BCUT2D eigenvalue weighted by atomic mass is 9.77. The van der Waals surface area contributed by atoms with E-state index in [0.29, 0.717) is 24.2 Å². The molecule has 0 heterocycles. The van der Waals surface area contributed by atoms with Crippen LogP contribution in [0.1, 0.15) is 56.1 Å². The van der Waals surface area contributed by atoms with Crippen LogP contribution in [0.15, 0.2) is 30.6 Å². The summed E-state index contributed by atoms with van der Waals surface area (Å²) < 4.78 is 25.9. The van der Waals surface area contributed by atoms with Crippen molar-refractivity contribution in [2.24, 2.45) is 5.92 Å². The van der Waals surface area contributed by atoms with Crippen molar-refractivity contribution in [1.29, 1.82) is 0 Å². The average Bonchev–Trinajstić information content (AvgIpc) is 2.46. The first-order chi connectivity index (χ1) is 9.24. The Kier molecular flexibility index (Phi) is 5.12. The monoisotopic (exact) mass is 264 g/mol. The Morgan fingerprint density at radius 1 is 1.21 bits per heavy atom. The van der Waals surface area contributed by atoms with Gasteiger partial charge in [0.25, 0.3) is 0 Å². The lowest BCUT2D eigenvalue weighted by Gasteiger charge is -2.28. The molecule has 1 fully saturated rings. The van der Waals surface area contributed by atoms with E-state index in [4.69, 9.17) is 0 Å². The summed E-state index contributed by atoms with van der Waals surface area (Å²) in [5.41, 5.74) is 1.68. The Bertz CT molecular complexity index is 429. The molecule has 0 saturated heterocycles. The van der Waals surface area contributed by atoms with Gasteiger partial charge in [-0.25, -0.2) is 8.78 Å². The second-order valence-corrected chi connectivity index (χ2v) is 5.54. The third kappa shape index (κ3) is 3.65. The molecule has 1 aromatic rings. The molecule has 0 radical (unpaired) electrons. The Morgan fingerprint density at radius 2 is 1.95 bits per heavy atom. The van der Waals surface area contributed by atoms with Gasteiger partial charge in [-0.1, -0.05) is 31.6 Å². The Hall–Kier alpha value is -1.18. The predicted octanol–water partition coefficient (Wildman–Crippen LogP) is 5.54. The highest BCUT2D eigenvalue weighted by molar-refractivity contribution is 5.28. The SMILES string of the molecule is CCC1CCC(c2ccc(C/C=C/F)c(F)c2)CC1. The maximum Gasteiger partial charge on any atom is 0.126 e. The van der Waals surface area contributed by atoms with Crippen LogP contribution in [0, 0.1) is 11.7 Å². The molecule has 1 aliphatic rings. The number of halogens is 2. The van der Waals surface area contributed by atoms with Crippen LogP contribution in [0.4, 0.5) is 8.78 Å². The number of hydrogen-bond acceptors (Lipinski definition) is 0. The maximum absolute atomic E-state index is 13.9. The van der Waals surface area contributed by atoms with Crippen LogP contribution in [0.5, 0.6) is 0 Å². The van der Waals surface area contributed by atoms with Crippen molar-refractivity contribution in [3.63, 3.8) is 0 Å². The van der Waals surface area contributed by atoms with E-state index in [2.05, 4.69) is 6.92 Å². The van der Waals surface area contributed by atoms with Crippen molar-refractivity contribution in [3.8, 4) is 0 Å². The Labute approximate surface area is 114 Å². The fourth-order valence-corrected chi connectivity index (χ4v) is 3.06. The van der Waals surface area contributed by atoms with Crippen LogP contribution in [-0.2, 0) is 6.42 Å². The largest absolute Gasteiger partial charge is 0.216 e. The highest BCUT2D eigenvalue weighted by atomic mass is 19.1. The van der Waals surface area contributed by atoms with Gasteiger partial charge in [-0.3, -0.25) is 0 Å². The van der Waals surface area contributed by atoms with Gasteiger partial charge < -0.3 is 0 Å². The van der Waals surface area contributed by atoms with Crippen LogP contribution < -0.4 is 0 Å². The molecule has 0 aromatic heterocycles. The number of benzene rings is 1. The van der Waals surface area contributed by atoms with E-state index in [1.807, 2.05) is 6.07 Å². The number of rotatable bonds is 4. The minimum absolute atomic E-state index is 0.201. The van der Waals surface area contributed by atoms with Crippen molar-refractivity contribution < 1.29 is 8.78 Å². The Morgan fingerprint density at radius 3 is 2.53 bits per heavy atom. The molecule has 1 saturated carbocycles. The maximum atomic E-state index is 13.9. The molecular formula is C17H22F2. The first kappa shape index (κ1) is 14.2. The number of hydrogen-bond donors (Lipinski definition) is 0. The molecule has 1 aromatic carbocycles. The van der Waals surface area contributed by atoms with Gasteiger partial charge in [0.05, 0.1) is 6.33 Å². The quantitative estimate of drug-likeness (QED) is 0.670. The standard InChI is InChI=1S/C17H22F2/c1-2-13-5-7-14(8-6-13)16-10-9-15(4-3-11-18)17(19)12-16/h3,9-14H,2,4-8H2,1H3/b11-3+. The van der Waals surface area contributed by atoms with Crippen molar-refractivity contribution in [1.82, 2.24) is 0 Å². The molecule has 2 rings (SSSR count). The van der Waals surface area contributed by atoms with Crippen LogP contribution >= 0.6 is 0 Å². The fourth-order valence-electron chi connectivity index (χ4n) is 3.06. The normalized spacial score (nSPS) is 23.9. The molecule has 2 heteroatoms. The van der Waals surface area contributed by atoms with E-state index in [1.165, 1.54) is 38.2 Å². The first-order valence-electron chi connectivity index (χ1n) is 7.28. The van der Waals surface area contributed by atoms with Crippen molar-refractivity contribution in [2.75, 3.05) is 0 Å². The van der Waals surface area contributed by atoms with Crippen LogP contribution in [0.3, 0.4) is 0 Å². The van der Waals surface area contributed by atoms with Gasteiger partial charge in [0, 0.05) is 0 Å². The smallest absolute Gasteiger partial charge is 0.126 e. The van der Waals surface area contributed by atoms with Crippen molar-refractivity contribution in [2.45, 2.75) is 51.4 Å². The van der Waals surface area contributed by atoms with Gasteiger partial charge in [-0.15, -0.1) is 0 Å². The molecule has 0 amide bonds. The van der Waals surface area contributed by atoms with Gasteiger partial charge in [0.1, 0.15) is 5.82 Å². The molecular weight excluding hydrogens is 242 g/mol. The molecule has 0 aliphatic heterocycles. The van der Waals surface area contributed by atoms with E-state index >= 15 is 0 Å². The molecule has 0 bridgehead atoms. The lowest BCUT2D eigenvalue weighted by Crippen LogP contribution is -2.12. The third-order valence-electron chi connectivity index (χ3n) is 4.40. The van der Waals surface area contributed by atoms with E-state index in [-0.39, 0.29) is 5.82 Å². The van der Waals surface area contributed by atoms with E-state index in [1.54, 1.807) is 12.1 Å². The zero-order chi connectivity index (χ0) is 13.7. The first-order valence-corrected chi connectivity index (χ1v) is 7.28. The second-order valence-electron chi connectivity index (χ2n) is 5.54. The summed E-state index contributed by atoms with van der Waals surface area (Å²) >= 11 is 0. The molecule has 104 valence electrons. The topological polar surface area (TPSA) is 0 Å². The van der Waals surface area contributed by atoms with Gasteiger partial charge in [0.15, 0.2) is 0 Å². The third-order valence-corrected chi connectivity index (χ3v) is 4.40. The van der Waals surface area contributed by atoms with Gasteiger partial charge in [-0.05, 0) is 61.1 Å². The number of allylic oxidation sites excluding steroid dienone is 1. The lowest BCUT2D eigenvalue weighted by molar-refractivity contribution is 0.318. The van der Waals surface area contributed by atoms with Gasteiger partial charge >= 0.3 is 0 Å². The molecule has 0 atom stereocenters. The van der Waals surface area contributed by atoms with E-state index in [9.17, 15) is 8.78 Å². The molecule has 0 nitrogen and oxygen atoms in total. The van der Waals surface area contributed by atoms with Crippen molar-refractivity contribution in [3.05, 3.63) is 47.5 Å². The van der Waals surface area contributed by atoms with Gasteiger partial charge in [0.2, 0.25) is 0 Å². The summed E-state index contributed by atoms with van der Waals surface area (Å²) in [5, 5.41) is 0. The predicted molar refractivity (Wildman–Crippen MR) is 75.3 cm³/mol. The Balaban J connectivity index is 2.03. The summed E-state index contributed by atoms with van der Waals surface area (Å²) in [6.45, 7) is 2.25. The molecule has 0 spiro atoms. The van der Waals surface area contributed by atoms with Crippen LogP contribution in [0.2, 0.25) is 0 Å². The van der Waals surface area contributed by atoms with Crippen LogP contribution in [0.25, 0.3) is 0 Å². The summed E-state index contributed by atoms with van der Waals surface area (Å²) in [7, 11) is 0. The summed E-state index contributed by atoms with van der Waals surface area (Å²) in [4.78, 5) is 0. The minimum Gasteiger partial charge on any atom is -0.216 e. The zero-order valence-corrected chi connectivity index (χ0v) is 11.5. The van der Waals surface area contributed by atoms with Gasteiger partial charge in [-0.2, -0.15) is 0 Å². The molecule has 0 N–H and O–H groups in total. The summed E-state index contributed by atoms with van der Waals surface area (Å²) in [5.74, 6) is 1.16.